The van der Waals surface area contributed by atoms with Crippen molar-refractivity contribution in [3.05, 3.63) is 28.5 Å². The van der Waals surface area contributed by atoms with Gasteiger partial charge in [-0.15, -0.1) is 11.6 Å². The minimum atomic E-state index is 0.0403. The van der Waals surface area contributed by atoms with Crippen LogP contribution in [0.15, 0.2) is 22.8 Å². The summed E-state index contributed by atoms with van der Waals surface area (Å²) in [5.41, 5.74) is 0.516. The average molecular weight is 330 g/mol. The van der Waals surface area contributed by atoms with Crippen LogP contribution in [0.4, 0.5) is 0 Å². The van der Waals surface area contributed by atoms with Crippen LogP contribution in [0.5, 0.6) is 0 Å². The minimum absolute atomic E-state index is 0.0403. The van der Waals surface area contributed by atoms with Crippen molar-refractivity contribution in [1.29, 1.82) is 0 Å². The van der Waals surface area contributed by atoms with E-state index < -0.39 is 0 Å². The maximum atomic E-state index is 12.6. The Morgan fingerprint density at radius 3 is 2.67 bits per heavy atom. The highest BCUT2D eigenvalue weighted by atomic mass is 79.9. The lowest BCUT2D eigenvalue weighted by atomic mass is 10.0. The molecule has 0 saturated carbocycles. The number of alkyl halides is 1. The van der Waals surface area contributed by atoms with Crippen LogP contribution >= 0.6 is 27.5 Å². The molecule has 3 nitrogen and oxygen atoms in total. The molecule has 2 aliphatic rings. The van der Waals surface area contributed by atoms with E-state index in [0.717, 1.165) is 30.2 Å². The normalized spacial score (nSPS) is 30.6. The number of piperidine rings is 1. The lowest BCUT2D eigenvalue weighted by molar-refractivity contribution is 0.0592. The predicted octanol–water partition coefficient (Wildman–Crippen LogP) is 3.22. The monoisotopic (exact) mass is 328 g/mol. The van der Waals surface area contributed by atoms with Gasteiger partial charge in [-0.2, -0.15) is 0 Å². The number of rotatable bonds is 1. The number of nitrogens with zero attached hydrogens (tertiary/aromatic N) is 2. The number of aromatic nitrogens is 1. The zero-order valence-electron chi connectivity index (χ0n) is 9.85. The van der Waals surface area contributed by atoms with Gasteiger partial charge < -0.3 is 4.90 Å². The van der Waals surface area contributed by atoms with Gasteiger partial charge in [-0.1, -0.05) is 0 Å². The maximum Gasteiger partial charge on any atom is 0.274 e. The lowest BCUT2D eigenvalue weighted by Gasteiger charge is -2.36. The van der Waals surface area contributed by atoms with Gasteiger partial charge in [-0.05, 0) is 53.7 Å². The Kier molecular flexibility index (Phi) is 3.32. The number of amides is 1. The summed E-state index contributed by atoms with van der Waals surface area (Å²) in [5, 5.41) is 0.221. The van der Waals surface area contributed by atoms with Gasteiger partial charge in [0.15, 0.2) is 0 Å². The molecule has 0 radical (unpaired) electrons. The number of carbonyl (C=O) groups is 1. The molecule has 0 N–H and O–H groups in total. The molecule has 1 aromatic heterocycles. The highest BCUT2D eigenvalue weighted by Gasteiger charge is 2.43. The molecule has 18 heavy (non-hydrogen) atoms. The molecular formula is C13H14BrClN2O. The first-order valence-corrected chi connectivity index (χ1v) is 7.47. The number of halogens is 2. The van der Waals surface area contributed by atoms with Gasteiger partial charge in [-0.25, -0.2) is 4.98 Å². The van der Waals surface area contributed by atoms with E-state index in [1.807, 2.05) is 17.0 Å². The highest BCUT2D eigenvalue weighted by Crippen LogP contribution is 2.38. The summed E-state index contributed by atoms with van der Waals surface area (Å²) >= 11 is 9.63. The van der Waals surface area contributed by atoms with Crippen LogP contribution < -0.4 is 0 Å². The molecule has 2 bridgehead atoms. The second-order valence-electron chi connectivity index (χ2n) is 5.00. The number of hydrogen-bond acceptors (Lipinski definition) is 2. The van der Waals surface area contributed by atoms with Gasteiger partial charge in [0.1, 0.15) is 5.69 Å². The molecule has 2 unspecified atom stereocenters. The number of pyridine rings is 1. The summed E-state index contributed by atoms with van der Waals surface area (Å²) in [6, 6.07) is 4.27. The van der Waals surface area contributed by atoms with Crippen molar-refractivity contribution in [3.63, 3.8) is 0 Å². The third-order valence-electron chi connectivity index (χ3n) is 3.87. The summed E-state index contributed by atoms with van der Waals surface area (Å²) in [6.45, 7) is 0. The fourth-order valence-corrected chi connectivity index (χ4v) is 3.94. The third kappa shape index (κ3) is 2.05. The van der Waals surface area contributed by atoms with E-state index in [9.17, 15) is 4.79 Å². The zero-order valence-corrected chi connectivity index (χ0v) is 12.2. The van der Waals surface area contributed by atoms with Crippen LogP contribution in [-0.4, -0.2) is 33.3 Å². The van der Waals surface area contributed by atoms with Crippen molar-refractivity contribution in [2.75, 3.05) is 0 Å². The average Bonchev–Trinajstić information content (AvgIpc) is 2.61. The fraction of sp³-hybridized carbons (Fsp3) is 0.538. The Bertz CT molecular complexity index is 468. The number of fused-ring (bicyclic) bond motifs is 2. The van der Waals surface area contributed by atoms with E-state index >= 15 is 0 Å². The van der Waals surface area contributed by atoms with Crippen molar-refractivity contribution in [2.45, 2.75) is 43.1 Å². The maximum absolute atomic E-state index is 12.6. The first-order chi connectivity index (χ1) is 8.66. The van der Waals surface area contributed by atoms with Gasteiger partial charge >= 0.3 is 0 Å². The van der Waals surface area contributed by atoms with Crippen LogP contribution in [0, 0.1) is 0 Å². The number of hydrogen-bond donors (Lipinski definition) is 0. The Morgan fingerprint density at radius 2 is 2.06 bits per heavy atom. The molecule has 3 rings (SSSR count). The zero-order chi connectivity index (χ0) is 12.7. The fourth-order valence-electron chi connectivity index (χ4n) is 3.11. The van der Waals surface area contributed by atoms with E-state index in [1.54, 1.807) is 6.20 Å². The largest absolute Gasteiger partial charge is 0.331 e. The number of carbonyl (C=O) groups excluding carboxylic acids is 1. The molecule has 1 amide bonds. The van der Waals surface area contributed by atoms with Crippen molar-refractivity contribution < 1.29 is 4.79 Å². The van der Waals surface area contributed by atoms with Gasteiger partial charge in [0.25, 0.3) is 5.91 Å². The summed E-state index contributed by atoms with van der Waals surface area (Å²) in [5.74, 6) is 0.0403. The van der Waals surface area contributed by atoms with Gasteiger partial charge in [0.2, 0.25) is 0 Å². The SMILES string of the molecule is O=C(c1ncccc1Br)N1C2CCC1CC(Cl)C2. The van der Waals surface area contributed by atoms with Crippen molar-refractivity contribution in [2.24, 2.45) is 0 Å². The van der Waals surface area contributed by atoms with E-state index in [2.05, 4.69) is 20.9 Å². The molecule has 2 atom stereocenters. The smallest absolute Gasteiger partial charge is 0.274 e. The molecule has 5 heteroatoms. The van der Waals surface area contributed by atoms with Crippen LogP contribution in [0.3, 0.4) is 0 Å². The Hall–Kier alpha value is -0.610. The van der Waals surface area contributed by atoms with Crippen molar-refractivity contribution in [1.82, 2.24) is 9.88 Å². The summed E-state index contributed by atoms with van der Waals surface area (Å²) in [4.78, 5) is 18.8. The van der Waals surface area contributed by atoms with E-state index in [1.165, 1.54) is 0 Å². The molecule has 0 aromatic carbocycles. The van der Waals surface area contributed by atoms with E-state index in [-0.39, 0.29) is 11.3 Å². The van der Waals surface area contributed by atoms with Gasteiger partial charge in [-0.3, -0.25) is 4.79 Å². The third-order valence-corrected chi connectivity index (χ3v) is 4.87. The molecule has 0 spiro atoms. The summed E-state index contributed by atoms with van der Waals surface area (Å²) < 4.78 is 0.766. The van der Waals surface area contributed by atoms with Gasteiger partial charge in [0.05, 0.1) is 0 Å². The minimum Gasteiger partial charge on any atom is -0.331 e. The standard InChI is InChI=1S/C13H14BrClN2O/c14-11-2-1-5-16-12(11)13(18)17-9-3-4-10(17)7-8(15)6-9/h1-2,5,8-10H,3-4,6-7H2. The van der Waals surface area contributed by atoms with Gasteiger partial charge in [0, 0.05) is 28.1 Å². The lowest BCUT2D eigenvalue weighted by Crippen LogP contribution is -2.47. The van der Waals surface area contributed by atoms with Crippen LogP contribution in [0.25, 0.3) is 0 Å². The molecule has 0 aliphatic carbocycles. The highest BCUT2D eigenvalue weighted by molar-refractivity contribution is 9.10. The summed E-state index contributed by atoms with van der Waals surface area (Å²) in [6.07, 6.45) is 5.63. The molecule has 3 heterocycles. The predicted molar refractivity (Wildman–Crippen MR) is 73.8 cm³/mol. The molecule has 2 fully saturated rings. The topological polar surface area (TPSA) is 33.2 Å². The van der Waals surface area contributed by atoms with Crippen molar-refractivity contribution in [3.8, 4) is 0 Å². The summed E-state index contributed by atoms with van der Waals surface area (Å²) in [7, 11) is 0. The van der Waals surface area contributed by atoms with Crippen LogP contribution in [-0.2, 0) is 0 Å². The molecule has 2 aliphatic heterocycles. The van der Waals surface area contributed by atoms with Crippen LogP contribution in [0.2, 0.25) is 0 Å². The molecular weight excluding hydrogens is 316 g/mol. The second kappa shape index (κ2) is 4.82. The van der Waals surface area contributed by atoms with E-state index in [0.29, 0.717) is 17.8 Å². The first kappa shape index (κ1) is 12.4. The quantitative estimate of drug-likeness (QED) is 0.741. The molecule has 96 valence electrons. The Morgan fingerprint density at radius 1 is 1.39 bits per heavy atom. The molecule has 2 saturated heterocycles. The molecule has 1 aromatic rings. The Labute approximate surface area is 120 Å². The Balaban J connectivity index is 1.88. The van der Waals surface area contributed by atoms with Crippen LogP contribution in [0.1, 0.15) is 36.2 Å². The second-order valence-corrected chi connectivity index (χ2v) is 6.47. The van der Waals surface area contributed by atoms with Crippen molar-refractivity contribution >= 4 is 33.4 Å². The van der Waals surface area contributed by atoms with E-state index in [4.69, 9.17) is 11.6 Å². The first-order valence-electron chi connectivity index (χ1n) is 6.24.